The summed E-state index contributed by atoms with van der Waals surface area (Å²) in [6.45, 7) is 9.37. The predicted octanol–water partition coefficient (Wildman–Crippen LogP) is 5.62. The fraction of sp³-hybridized carbons (Fsp3) is 0.345. The molecule has 1 N–H and O–H groups in total. The normalized spacial score (nSPS) is 15.2. The molecule has 1 aliphatic heterocycles. The van der Waals surface area contributed by atoms with Crippen LogP contribution in [0.4, 0.5) is 19.0 Å². The maximum Gasteiger partial charge on any atom is 0.417 e. The Morgan fingerprint density at radius 2 is 1.88 bits per heavy atom. The third-order valence-corrected chi connectivity index (χ3v) is 7.71. The van der Waals surface area contributed by atoms with Gasteiger partial charge in [-0.3, -0.25) is 9.59 Å². The maximum atomic E-state index is 14.1. The van der Waals surface area contributed by atoms with Gasteiger partial charge in [-0.1, -0.05) is 15.9 Å². The molecule has 220 valence electrons. The summed E-state index contributed by atoms with van der Waals surface area (Å²) in [6.07, 6.45) is -2.87. The second kappa shape index (κ2) is 11.0. The number of pyridine rings is 1. The molecule has 13 heteroatoms. The highest BCUT2D eigenvalue weighted by Crippen LogP contribution is 2.36. The van der Waals surface area contributed by atoms with Crippen LogP contribution in [-0.2, 0) is 19.1 Å². The number of fused-ring (bicyclic) bond motifs is 1. The molecule has 1 aliphatic rings. The lowest BCUT2D eigenvalue weighted by atomic mass is 9.98. The van der Waals surface area contributed by atoms with E-state index in [2.05, 4.69) is 31.3 Å². The first-order valence-corrected chi connectivity index (χ1v) is 14.1. The standard InChI is InChI=1S/C29H29BrF3N7O2/c1-15(2)35-25-9-7-20(13-34-25)39-27(42)21-11-17(4)38(14-24(21)36-28(39)40-18(5)10-16(3)37-40)26(41)19-6-8-23(30)22(12-19)29(31,32)33/h6-10,12-13,15,17H,11,14H2,1-5H3,(H,34,35). The number of nitrogens with zero attached hydrogens (tertiary/aromatic N) is 6. The largest absolute Gasteiger partial charge is 0.417 e. The van der Waals surface area contributed by atoms with E-state index in [0.29, 0.717) is 22.8 Å². The van der Waals surface area contributed by atoms with Crippen molar-refractivity contribution in [1.82, 2.24) is 29.2 Å². The number of rotatable bonds is 5. The van der Waals surface area contributed by atoms with E-state index < -0.39 is 23.7 Å². The van der Waals surface area contributed by atoms with Crippen LogP contribution < -0.4 is 10.9 Å². The number of carbonyl (C=O) groups excluding carboxylic acids is 1. The van der Waals surface area contributed by atoms with Crippen LogP contribution in [0.3, 0.4) is 0 Å². The summed E-state index contributed by atoms with van der Waals surface area (Å²) in [4.78, 5) is 38.3. The summed E-state index contributed by atoms with van der Waals surface area (Å²) in [5.74, 6) is 0.299. The minimum atomic E-state index is -4.63. The van der Waals surface area contributed by atoms with Crippen molar-refractivity contribution in [1.29, 1.82) is 0 Å². The van der Waals surface area contributed by atoms with E-state index in [4.69, 9.17) is 4.98 Å². The Morgan fingerprint density at radius 1 is 1.14 bits per heavy atom. The predicted molar refractivity (Wildman–Crippen MR) is 155 cm³/mol. The van der Waals surface area contributed by atoms with Crippen LogP contribution >= 0.6 is 15.9 Å². The molecular weight excluding hydrogens is 615 g/mol. The number of hydrogen-bond donors (Lipinski definition) is 1. The number of alkyl halides is 3. The van der Waals surface area contributed by atoms with Gasteiger partial charge in [-0.15, -0.1) is 0 Å². The van der Waals surface area contributed by atoms with Gasteiger partial charge in [-0.05, 0) is 77.4 Å². The number of aromatic nitrogens is 5. The van der Waals surface area contributed by atoms with Crippen LogP contribution in [0, 0.1) is 13.8 Å². The Morgan fingerprint density at radius 3 is 2.48 bits per heavy atom. The van der Waals surface area contributed by atoms with E-state index in [1.165, 1.54) is 21.6 Å². The molecular formula is C29H29BrF3N7O2. The van der Waals surface area contributed by atoms with Crippen LogP contribution in [0.1, 0.15) is 59.3 Å². The average Bonchev–Trinajstić information content (AvgIpc) is 3.25. The average molecular weight is 644 g/mol. The van der Waals surface area contributed by atoms with Gasteiger partial charge in [0.15, 0.2) is 0 Å². The molecule has 0 radical (unpaired) electrons. The number of anilines is 1. The Bertz CT molecular complexity index is 1730. The van der Waals surface area contributed by atoms with Crippen molar-refractivity contribution in [2.75, 3.05) is 5.32 Å². The summed E-state index contributed by atoms with van der Waals surface area (Å²) in [5.41, 5.74) is 1.39. The van der Waals surface area contributed by atoms with Crippen LogP contribution in [0.25, 0.3) is 11.6 Å². The molecule has 9 nitrogen and oxygen atoms in total. The van der Waals surface area contributed by atoms with Gasteiger partial charge in [0.2, 0.25) is 5.95 Å². The molecule has 4 heterocycles. The molecule has 0 aliphatic carbocycles. The van der Waals surface area contributed by atoms with Gasteiger partial charge in [-0.25, -0.2) is 19.2 Å². The minimum absolute atomic E-state index is 0.0510. The molecule has 0 saturated heterocycles. The lowest BCUT2D eigenvalue weighted by Gasteiger charge is -2.34. The molecule has 0 spiro atoms. The second-order valence-electron chi connectivity index (χ2n) is 10.7. The smallest absolute Gasteiger partial charge is 0.368 e. The van der Waals surface area contributed by atoms with Gasteiger partial charge in [0.1, 0.15) is 5.82 Å². The number of aryl methyl sites for hydroxylation is 2. The fourth-order valence-corrected chi connectivity index (χ4v) is 5.54. The van der Waals surface area contributed by atoms with E-state index in [1.807, 2.05) is 33.8 Å². The topological polar surface area (TPSA) is 97.9 Å². The van der Waals surface area contributed by atoms with Crippen molar-refractivity contribution in [2.45, 2.75) is 65.8 Å². The van der Waals surface area contributed by atoms with Gasteiger partial charge < -0.3 is 10.2 Å². The molecule has 1 unspecified atom stereocenters. The summed E-state index contributed by atoms with van der Waals surface area (Å²) in [5, 5.41) is 7.76. The Labute approximate surface area is 248 Å². The van der Waals surface area contributed by atoms with Gasteiger partial charge >= 0.3 is 6.18 Å². The quantitative estimate of drug-likeness (QED) is 0.303. The fourth-order valence-electron chi connectivity index (χ4n) is 5.07. The Balaban J connectivity index is 1.60. The third kappa shape index (κ3) is 5.57. The third-order valence-electron chi connectivity index (χ3n) is 7.02. The molecule has 0 saturated carbocycles. The maximum absolute atomic E-state index is 14.1. The van der Waals surface area contributed by atoms with Crippen LogP contribution in [-0.4, -0.2) is 47.2 Å². The summed E-state index contributed by atoms with van der Waals surface area (Å²) < 4.78 is 43.5. The Kier molecular flexibility index (Phi) is 7.73. The molecule has 4 aromatic rings. The van der Waals surface area contributed by atoms with Gasteiger partial charge in [-0.2, -0.15) is 18.3 Å². The molecule has 5 rings (SSSR count). The van der Waals surface area contributed by atoms with E-state index in [9.17, 15) is 22.8 Å². The SMILES string of the molecule is Cc1cc(C)n(-c2nc3c(c(=O)n2-c2ccc(NC(C)C)nc2)CC(C)N(C(=O)c2ccc(Br)c(C(F)(F)F)c2)C3)n1. The van der Waals surface area contributed by atoms with Crippen molar-refractivity contribution in [3.8, 4) is 11.6 Å². The molecule has 3 aromatic heterocycles. The van der Waals surface area contributed by atoms with Crippen LogP contribution in [0.5, 0.6) is 0 Å². The highest BCUT2D eigenvalue weighted by atomic mass is 79.9. The van der Waals surface area contributed by atoms with E-state index in [-0.39, 0.29) is 40.6 Å². The lowest BCUT2D eigenvalue weighted by molar-refractivity contribution is -0.138. The number of halogens is 4. The molecule has 42 heavy (non-hydrogen) atoms. The number of benzene rings is 1. The van der Waals surface area contributed by atoms with Crippen LogP contribution in [0.2, 0.25) is 0 Å². The van der Waals surface area contributed by atoms with Crippen molar-refractivity contribution in [2.24, 2.45) is 0 Å². The molecule has 1 amide bonds. The highest BCUT2D eigenvalue weighted by molar-refractivity contribution is 9.10. The summed E-state index contributed by atoms with van der Waals surface area (Å²) in [7, 11) is 0. The summed E-state index contributed by atoms with van der Waals surface area (Å²) in [6, 6.07) is 8.51. The van der Waals surface area contributed by atoms with E-state index >= 15 is 0 Å². The highest BCUT2D eigenvalue weighted by Gasteiger charge is 2.36. The monoisotopic (exact) mass is 643 g/mol. The van der Waals surface area contributed by atoms with E-state index in [1.54, 1.807) is 29.9 Å². The van der Waals surface area contributed by atoms with Gasteiger partial charge in [0.25, 0.3) is 11.5 Å². The van der Waals surface area contributed by atoms with E-state index in [0.717, 1.165) is 17.5 Å². The number of amides is 1. The first-order chi connectivity index (χ1) is 19.7. The van der Waals surface area contributed by atoms with Crippen molar-refractivity contribution < 1.29 is 18.0 Å². The van der Waals surface area contributed by atoms with Crippen molar-refractivity contribution in [3.63, 3.8) is 0 Å². The van der Waals surface area contributed by atoms with Gasteiger partial charge in [0, 0.05) is 33.4 Å². The number of carbonyl (C=O) groups is 1. The van der Waals surface area contributed by atoms with Crippen LogP contribution in [0.15, 0.2) is 51.9 Å². The van der Waals surface area contributed by atoms with Crippen molar-refractivity contribution in [3.05, 3.63) is 91.2 Å². The molecule has 0 fully saturated rings. The zero-order valence-electron chi connectivity index (χ0n) is 23.6. The molecule has 0 bridgehead atoms. The summed E-state index contributed by atoms with van der Waals surface area (Å²) >= 11 is 2.92. The lowest BCUT2D eigenvalue weighted by Crippen LogP contribution is -2.46. The number of hydrogen-bond acceptors (Lipinski definition) is 6. The number of nitrogens with one attached hydrogen (secondary N) is 1. The van der Waals surface area contributed by atoms with Gasteiger partial charge in [0.05, 0.1) is 35.4 Å². The first kappa shape index (κ1) is 29.5. The zero-order chi connectivity index (χ0) is 30.5. The Hall–Kier alpha value is -4.00. The minimum Gasteiger partial charge on any atom is -0.368 e. The van der Waals surface area contributed by atoms with Crippen molar-refractivity contribution >= 4 is 27.7 Å². The zero-order valence-corrected chi connectivity index (χ0v) is 25.2. The molecule has 1 aromatic carbocycles. The second-order valence-corrected chi connectivity index (χ2v) is 11.6. The molecule has 1 atom stereocenters. The first-order valence-electron chi connectivity index (χ1n) is 13.3.